The summed E-state index contributed by atoms with van der Waals surface area (Å²) in [5, 5.41) is 9.86. The van der Waals surface area contributed by atoms with Gasteiger partial charge in [-0.3, -0.25) is 0 Å². The van der Waals surface area contributed by atoms with Crippen LogP contribution in [0.2, 0.25) is 0 Å². The Hall–Kier alpha value is -5.58. The summed E-state index contributed by atoms with van der Waals surface area (Å²) in [7, 11) is 0. The molecule has 0 N–H and O–H groups in total. The molecule has 0 fully saturated rings. The summed E-state index contributed by atoms with van der Waals surface area (Å²) < 4.78 is 8.86. The van der Waals surface area contributed by atoms with E-state index in [0.717, 1.165) is 55.8 Å². The Morgan fingerprint density at radius 2 is 1.11 bits per heavy atom. The van der Waals surface area contributed by atoms with E-state index in [2.05, 4.69) is 115 Å². The van der Waals surface area contributed by atoms with Crippen LogP contribution in [0.25, 0.3) is 97.6 Å². The van der Waals surface area contributed by atoms with Crippen LogP contribution < -0.4 is 0 Å². The predicted molar refractivity (Wildman–Crippen MR) is 185 cm³/mol. The maximum Gasteiger partial charge on any atom is 0.161 e. The summed E-state index contributed by atoms with van der Waals surface area (Å²) in [4.78, 5) is 10.5. The first-order valence-corrected chi connectivity index (χ1v) is 15.6. The predicted octanol–water partition coefficient (Wildman–Crippen LogP) is 11.5. The Balaban J connectivity index is 1.29. The van der Waals surface area contributed by atoms with Crippen molar-refractivity contribution in [3.8, 4) is 33.9 Å². The summed E-state index contributed by atoms with van der Waals surface area (Å²) >= 11 is 1.86. The number of rotatable bonds is 3. The monoisotopic (exact) mass is 578 g/mol. The Morgan fingerprint density at radius 1 is 0.432 bits per heavy atom. The van der Waals surface area contributed by atoms with Crippen LogP contribution in [0.3, 0.4) is 0 Å². The summed E-state index contributed by atoms with van der Waals surface area (Å²) in [6.45, 7) is 0. The molecule has 0 bridgehead atoms. The van der Waals surface area contributed by atoms with Crippen LogP contribution in [0, 0.1) is 0 Å². The number of benzene rings is 7. The van der Waals surface area contributed by atoms with Crippen molar-refractivity contribution in [2.45, 2.75) is 0 Å². The van der Waals surface area contributed by atoms with Gasteiger partial charge in [-0.05, 0) is 58.6 Å². The maximum absolute atomic E-state index is 6.26. The minimum absolute atomic E-state index is 0.719. The minimum atomic E-state index is 0.719. The molecule has 0 radical (unpaired) electrons. The van der Waals surface area contributed by atoms with E-state index < -0.39 is 0 Å². The molecule has 0 spiro atoms. The lowest BCUT2D eigenvalue weighted by Crippen LogP contribution is -1.97. The molecule has 4 heteroatoms. The zero-order valence-corrected chi connectivity index (χ0v) is 24.2. The second-order valence-corrected chi connectivity index (χ2v) is 12.4. The lowest BCUT2D eigenvalue weighted by Gasteiger charge is -2.14. The first-order valence-electron chi connectivity index (χ1n) is 14.7. The van der Waals surface area contributed by atoms with Gasteiger partial charge in [0.2, 0.25) is 0 Å². The molecule has 0 amide bonds. The molecule has 10 aromatic rings. The molecular weight excluding hydrogens is 557 g/mol. The summed E-state index contributed by atoms with van der Waals surface area (Å²) in [5.74, 6) is 0.719. The fourth-order valence-corrected chi connectivity index (χ4v) is 8.03. The molecular formula is C40H22N2OS. The van der Waals surface area contributed by atoms with Crippen LogP contribution in [-0.2, 0) is 0 Å². The number of aromatic nitrogens is 2. The quantitative estimate of drug-likeness (QED) is 0.196. The number of furan rings is 1. The van der Waals surface area contributed by atoms with Gasteiger partial charge in [-0.2, -0.15) is 0 Å². The van der Waals surface area contributed by atoms with Crippen LogP contribution in [0.1, 0.15) is 0 Å². The van der Waals surface area contributed by atoms with Crippen LogP contribution >= 0.6 is 11.3 Å². The van der Waals surface area contributed by atoms with Gasteiger partial charge in [0, 0.05) is 53.0 Å². The molecule has 0 unspecified atom stereocenters. The molecule has 44 heavy (non-hydrogen) atoms. The van der Waals surface area contributed by atoms with Crippen LogP contribution in [0.15, 0.2) is 138 Å². The van der Waals surface area contributed by atoms with Gasteiger partial charge >= 0.3 is 0 Å². The van der Waals surface area contributed by atoms with Gasteiger partial charge in [0.25, 0.3) is 0 Å². The molecule has 10 rings (SSSR count). The molecule has 0 aliphatic carbocycles. The number of para-hydroxylation sites is 1. The van der Waals surface area contributed by atoms with Crippen molar-refractivity contribution in [1.82, 2.24) is 9.97 Å². The first-order chi connectivity index (χ1) is 21.8. The van der Waals surface area contributed by atoms with Crippen molar-refractivity contribution in [3.63, 3.8) is 0 Å². The molecule has 0 aliphatic rings. The highest BCUT2D eigenvalue weighted by Gasteiger charge is 2.21. The van der Waals surface area contributed by atoms with Crippen molar-refractivity contribution < 1.29 is 4.42 Å². The largest absolute Gasteiger partial charge is 0.456 e. The standard InChI is InChI=1S/C40H22N2OS/c1-2-9-23(10-3-1)31-22-32(24-17-18-27-26-12-6-7-15-33(26)43-34(27)21-24)42-40(41-31)30-19-20-36-39-37(30)28-13-5-4-11-25(28)29-14-8-16-35(44-36)38(29)39/h1-22H. The SMILES string of the molecule is c1ccc(-c2cc(-c3ccc4c(c3)oc3ccccc34)nc(-c3ccc4sc5cccc6c7ccccc7c3c4c56)n2)cc1. The lowest BCUT2D eigenvalue weighted by molar-refractivity contribution is 0.669. The molecule has 0 aliphatic heterocycles. The molecule has 3 heterocycles. The second-order valence-electron chi connectivity index (χ2n) is 11.3. The lowest BCUT2D eigenvalue weighted by atomic mass is 9.91. The fourth-order valence-electron chi connectivity index (χ4n) is 6.89. The highest BCUT2D eigenvalue weighted by molar-refractivity contribution is 7.26. The smallest absolute Gasteiger partial charge is 0.161 e. The fraction of sp³-hybridized carbons (Fsp3) is 0. The summed E-state index contributed by atoms with van der Waals surface area (Å²) in [5.41, 5.74) is 6.60. The van der Waals surface area contributed by atoms with Crippen LogP contribution in [-0.4, -0.2) is 9.97 Å². The number of hydrogen-bond donors (Lipinski definition) is 0. The molecule has 3 aromatic heterocycles. The highest BCUT2D eigenvalue weighted by atomic mass is 32.1. The van der Waals surface area contributed by atoms with Crippen molar-refractivity contribution in [3.05, 3.63) is 133 Å². The van der Waals surface area contributed by atoms with Gasteiger partial charge in [-0.1, -0.05) is 91.0 Å². The van der Waals surface area contributed by atoms with Crippen molar-refractivity contribution >= 4 is 75.0 Å². The van der Waals surface area contributed by atoms with Gasteiger partial charge in [-0.15, -0.1) is 11.3 Å². The van der Waals surface area contributed by atoms with E-state index in [0.29, 0.717) is 0 Å². The zero-order valence-electron chi connectivity index (χ0n) is 23.4. The third kappa shape index (κ3) is 3.37. The third-order valence-corrected chi connectivity index (χ3v) is 9.98. The Morgan fingerprint density at radius 3 is 2.00 bits per heavy atom. The normalized spacial score (nSPS) is 12.1. The van der Waals surface area contributed by atoms with E-state index in [9.17, 15) is 0 Å². The van der Waals surface area contributed by atoms with Gasteiger partial charge in [0.1, 0.15) is 11.2 Å². The van der Waals surface area contributed by atoms with Crippen LogP contribution in [0.4, 0.5) is 0 Å². The topological polar surface area (TPSA) is 38.9 Å². The number of fused-ring (bicyclic) bond motifs is 6. The van der Waals surface area contributed by atoms with E-state index in [1.165, 1.54) is 41.7 Å². The number of hydrogen-bond acceptors (Lipinski definition) is 4. The summed E-state index contributed by atoms with van der Waals surface area (Å²) in [6.07, 6.45) is 0. The zero-order chi connectivity index (χ0) is 28.8. The first kappa shape index (κ1) is 23.9. The average molecular weight is 579 g/mol. The van der Waals surface area contributed by atoms with Crippen molar-refractivity contribution in [2.75, 3.05) is 0 Å². The Kier molecular flexibility index (Phi) is 4.87. The van der Waals surface area contributed by atoms with E-state index in [-0.39, 0.29) is 0 Å². The van der Waals surface area contributed by atoms with E-state index >= 15 is 0 Å². The Bertz CT molecular complexity index is 2720. The average Bonchev–Trinajstić information content (AvgIpc) is 3.66. The van der Waals surface area contributed by atoms with E-state index in [1.807, 2.05) is 29.5 Å². The van der Waals surface area contributed by atoms with E-state index in [4.69, 9.17) is 14.4 Å². The molecule has 0 saturated carbocycles. The molecule has 204 valence electrons. The molecule has 0 atom stereocenters. The van der Waals surface area contributed by atoms with Crippen molar-refractivity contribution in [1.29, 1.82) is 0 Å². The van der Waals surface area contributed by atoms with Gasteiger partial charge in [0.15, 0.2) is 5.82 Å². The van der Waals surface area contributed by atoms with E-state index in [1.54, 1.807) is 0 Å². The van der Waals surface area contributed by atoms with Crippen LogP contribution in [0.5, 0.6) is 0 Å². The molecule has 0 saturated heterocycles. The van der Waals surface area contributed by atoms with Crippen molar-refractivity contribution in [2.24, 2.45) is 0 Å². The van der Waals surface area contributed by atoms with Gasteiger partial charge < -0.3 is 4.42 Å². The van der Waals surface area contributed by atoms with Gasteiger partial charge in [0.05, 0.1) is 11.4 Å². The molecule has 3 nitrogen and oxygen atoms in total. The minimum Gasteiger partial charge on any atom is -0.456 e. The number of thiophene rings is 1. The second kappa shape index (κ2) is 8.96. The summed E-state index contributed by atoms with van der Waals surface area (Å²) in [6, 6.07) is 46.9. The highest BCUT2D eigenvalue weighted by Crippen LogP contribution is 2.48. The van der Waals surface area contributed by atoms with Gasteiger partial charge in [-0.25, -0.2) is 9.97 Å². The third-order valence-electron chi connectivity index (χ3n) is 8.86. The number of nitrogens with zero attached hydrogens (tertiary/aromatic N) is 2. The Labute approximate surface area is 256 Å². The molecule has 7 aromatic carbocycles. The maximum atomic E-state index is 6.26.